The molecule has 0 fully saturated rings. The summed E-state index contributed by atoms with van der Waals surface area (Å²) < 4.78 is 5.51. The van der Waals surface area contributed by atoms with Crippen LogP contribution in [0.1, 0.15) is 418 Å². The van der Waals surface area contributed by atoms with Crippen LogP contribution in [0.15, 0.2) is 48.6 Å². The molecular weight excluding hydrogens is 1040 g/mol. The summed E-state index contributed by atoms with van der Waals surface area (Å²) in [6, 6.07) is -0.625. The number of nitrogens with one attached hydrogen (secondary N) is 1. The minimum absolute atomic E-state index is 0.0165. The van der Waals surface area contributed by atoms with Crippen molar-refractivity contribution in [3.63, 3.8) is 0 Å². The molecule has 0 aromatic rings. The highest BCUT2D eigenvalue weighted by atomic mass is 16.5. The highest BCUT2D eigenvalue weighted by Crippen LogP contribution is 2.19. The van der Waals surface area contributed by atoms with Crippen LogP contribution in [0.5, 0.6) is 0 Å². The first-order valence-electron chi connectivity index (χ1n) is 38.4. The van der Waals surface area contributed by atoms with Crippen LogP contribution in [-0.4, -0.2) is 47.4 Å². The first-order chi connectivity index (χ1) is 42.0. The number of carbonyl (C=O) groups is 2. The Balaban J connectivity index is 3.34. The number of hydrogen-bond acceptors (Lipinski definition) is 5. The third-order valence-corrected chi connectivity index (χ3v) is 17.8. The molecule has 0 rings (SSSR count). The van der Waals surface area contributed by atoms with Crippen LogP contribution in [0, 0.1) is 0 Å². The standard InChI is InChI=1S/C79H149NO5/c1-3-5-7-9-11-13-15-17-19-20-38-42-45-49-53-57-61-65-69-73-79(84)85-74-70-66-62-58-54-50-46-43-40-37-35-33-31-29-27-25-23-21-22-24-26-28-30-32-34-36-39-41-44-48-52-56-60-64-68-72-78(83)80-76(75-81)77(82)71-67-63-59-55-51-47-18-16-14-12-10-8-6-4-2/h11,13,17,19,23,25,67,71,76-77,81-82H,3-10,12,14-16,18,20-22,24,26-66,68-70,72-75H2,1-2H3,(H,80,83)/b13-11-,19-17-,25-23-,71-67+. The first-order valence-corrected chi connectivity index (χ1v) is 38.4. The van der Waals surface area contributed by atoms with E-state index in [2.05, 4.69) is 55.6 Å². The van der Waals surface area contributed by atoms with E-state index in [-0.39, 0.29) is 18.5 Å². The van der Waals surface area contributed by atoms with Gasteiger partial charge in [0.15, 0.2) is 0 Å². The molecule has 500 valence electrons. The Labute approximate surface area is 531 Å². The molecule has 0 aliphatic carbocycles. The molecule has 0 aliphatic heterocycles. The number of aliphatic hydroxyl groups excluding tert-OH is 2. The summed E-state index contributed by atoms with van der Waals surface area (Å²) in [5, 5.41) is 23.2. The topological polar surface area (TPSA) is 95.9 Å². The molecule has 0 heterocycles. The molecule has 0 saturated carbocycles. The van der Waals surface area contributed by atoms with Gasteiger partial charge in [0.05, 0.1) is 25.4 Å². The van der Waals surface area contributed by atoms with Gasteiger partial charge in [-0.3, -0.25) is 9.59 Å². The van der Waals surface area contributed by atoms with Gasteiger partial charge in [-0.05, 0) is 89.9 Å². The van der Waals surface area contributed by atoms with E-state index in [1.165, 1.54) is 340 Å². The summed E-state index contributed by atoms with van der Waals surface area (Å²) in [4.78, 5) is 24.6. The van der Waals surface area contributed by atoms with Crippen molar-refractivity contribution >= 4 is 11.9 Å². The lowest BCUT2D eigenvalue weighted by atomic mass is 10.0. The van der Waals surface area contributed by atoms with Gasteiger partial charge < -0.3 is 20.3 Å². The van der Waals surface area contributed by atoms with Gasteiger partial charge >= 0.3 is 5.97 Å². The molecule has 3 N–H and O–H groups in total. The predicted octanol–water partition coefficient (Wildman–Crippen LogP) is 25.2. The van der Waals surface area contributed by atoms with Gasteiger partial charge in [-0.15, -0.1) is 0 Å². The molecule has 0 bridgehead atoms. The number of hydrogen-bond donors (Lipinski definition) is 3. The van der Waals surface area contributed by atoms with Crippen LogP contribution in [0.4, 0.5) is 0 Å². The van der Waals surface area contributed by atoms with Gasteiger partial charge in [0.2, 0.25) is 5.91 Å². The van der Waals surface area contributed by atoms with E-state index in [9.17, 15) is 19.8 Å². The van der Waals surface area contributed by atoms with Gasteiger partial charge in [-0.25, -0.2) is 0 Å². The Morgan fingerprint density at radius 2 is 0.588 bits per heavy atom. The summed E-state index contributed by atoms with van der Waals surface area (Å²) in [5.41, 5.74) is 0. The minimum Gasteiger partial charge on any atom is -0.466 e. The minimum atomic E-state index is -0.842. The lowest BCUT2D eigenvalue weighted by molar-refractivity contribution is -0.143. The fourth-order valence-corrected chi connectivity index (χ4v) is 12.0. The van der Waals surface area contributed by atoms with Crippen molar-refractivity contribution in [2.75, 3.05) is 13.2 Å². The predicted molar refractivity (Wildman–Crippen MR) is 375 cm³/mol. The van der Waals surface area contributed by atoms with Crippen molar-refractivity contribution in [1.82, 2.24) is 5.32 Å². The van der Waals surface area contributed by atoms with Gasteiger partial charge in [0.1, 0.15) is 0 Å². The van der Waals surface area contributed by atoms with Gasteiger partial charge in [0.25, 0.3) is 0 Å². The number of carbonyl (C=O) groups excluding carboxylic acids is 2. The Morgan fingerprint density at radius 1 is 0.329 bits per heavy atom. The largest absolute Gasteiger partial charge is 0.466 e. The average molecular weight is 1190 g/mol. The fraction of sp³-hybridized carbons (Fsp3) is 0.873. The van der Waals surface area contributed by atoms with Crippen molar-refractivity contribution < 1.29 is 24.5 Å². The molecule has 6 nitrogen and oxygen atoms in total. The lowest BCUT2D eigenvalue weighted by Crippen LogP contribution is -2.45. The fourth-order valence-electron chi connectivity index (χ4n) is 12.0. The maximum atomic E-state index is 12.5. The summed E-state index contributed by atoms with van der Waals surface area (Å²) >= 11 is 0. The van der Waals surface area contributed by atoms with E-state index < -0.39 is 12.1 Å². The van der Waals surface area contributed by atoms with Crippen molar-refractivity contribution in [3.8, 4) is 0 Å². The van der Waals surface area contributed by atoms with E-state index in [1.807, 2.05) is 6.08 Å². The average Bonchev–Trinajstić information content (AvgIpc) is 3.51. The molecule has 0 aromatic carbocycles. The monoisotopic (exact) mass is 1190 g/mol. The zero-order valence-corrected chi connectivity index (χ0v) is 57.4. The number of amides is 1. The molecule has 6 heteroatoms. The Morgan fingerprint density at radius 3 is 0.929 bits per heavy atom. The second-order valence-electron chi connectivity index (χ2n) is 26.3. The quantitative estimate of drug-likeness (QED) is 0.0320. The molecular formula is C79H149NO5. The van der Waals surface area contributed by atoms with Crippen molar-refractivity contribution in [2.45, 2.75) is 431 Å². The van der Waals surface area contributed by atoms with Crippen molar-refractivity contribution in [3.05, 3.63) is 48.6 Å². The zero-order chi connectivity index (χ0) is 61.3. The van der Waals surface area contributed by atoms with Crippen LogP contribution in [-0.2, 0) is 14.3 Å². The summed E-state index contributed by atoms with van der Waals surface area (Å²) in [7, 11) is 0. The maximum absolute atomic E-state index is 12.5. The van der Waals surface area contributed by atoms with Crippen molar-refractivity contribution in [1.29, 1.82) is 0 Å². The Hall–Kier alpha value is -2.18. The molecule has 0 aromatic heterocycles. The van der Waals surface area contributed by atoms with Crippen LogP contribution >= 0.6 is 0 Å². The van der Waals surface area contributed by atoms with Crippen LogP contribution in [0.3, 0.4) is 0 Å². The molecule has 0 spiro atoms. The van der Waals surface area contributed by atoms with E-state index in [0.717, 1.165) is 51.4 Å². The molecule has 0 aliphatic rings. The highest BCUT2D eigenvalue weighted by Gasteiger charge is 2.18. The number of allylic oxidation sites excluding steroid dienone is 7. The maximum Gasteiger partial charge on any atom is 0.305 e. The number of rotatable bonds is 72. The van der Waals surface area contributed by atoms with E-state index in [4.69, 9.17) is 4.74 Å². The Kier molecular flexibility index (Phi) is 72.4. The van der Waals surface area contributed by atoms with Crippen LogP contribution < -0.4 is 5.32 Å². The number of ether oxygens (including phenoxy) is 1. The van der Waals surface area contributed by atoms with E-state index in [1.54, 1.807) is 6.08 Å². The highest BCUT2D eigenvalue weighted by molar-refractivity contribution is 5.76. The second-order valence-corrected chi connectivity index (χ2v) is 26.3. The molecule has 2 unspecified atom stereocenters. The van der Waals surface area contributed by atoms with Gasteiger partial charge in [-0.1, -0.05) is 364 Å². The third-order valence-electron chi connectivity index (χ3n) is 17.8. The molecule has 0 radical (unpaired) electrons. The van der Waals surface area contributed by atoms with Crippen molar-refractivity contribution in [2.24, 2.45) is 0 Å². The second kappa shape index (κ2) is 74.3. The molecule has 2 atom stereocenters. The number of unbranched alkanes of at least 4 members (excludes halogenated alkanes) is 55. The smallest absolute Gasteiger partial charge is 0.305 e. The zero-order valence-electron chi connectivity index (χ0n) is 57.4. The van der Waals surface area contributed by atoms with Crippen LogP contribution in [0.2, 0.25) is 0 Å². The normalized spacial score (nSPS) is 12.8. The van der Waals surface area contributed by atoms with Gasteiger partial charge in [0, 0.05) is 12.8 Å². The molecule has 85 heavy (non-hydrogen) atoms. The SMILES string of the molecule is CCCCC/C=C\C/C=C\CCCCCCCCCCCC(=O)OCCCCCCCCCCCCCCCC/C=C\CCCCCCCCCCCCCCCCCCCC(=O)NC(CO)C(O)/C=C/CCCCCCCCCCCCCC. The third kappa shape index (κ3) is 70.8. The molecule has 1 amide bonds. The molecule has 0 saturated heterocycles. The van der Waals surface area contributed by atoms with Crippen LogP contribution in [0.25, 0.3) is 0 Å². The van der Waals surface area contributed by atoms with E-state index in [0.29, 0.717) is 19.4 Å². The van der Waals surface area contributed by atoms with E-state index >= 15 is 0 Å². The lowest BCUT2D eigenvalue weighted by Gasteiger charge is -2.20. The first kappa shape index (κ1) is 82.8. The number of esters is 1. The summed E-state index contributed by atoms with van der Waals surface area (Å²) in [6.45, 7) is 4.91. The summed E-state index contributed by atoms with van der Waals surface area (Å²) in [5.74, 6) is -0.0460. The Bertz CT molecular complexity index is 1420. The number of aliphatic hydroxyl groups is 2. The summed E-state index contributed by atoms with van der Waals surface area (Å²) in [6.07, 6.45) is 98.0. The van der Waals surface area contributed by atoms with Gasteiger partial charge in [-0.2, -0.15) is 0 Å².